The minimum absolute atomic E-state index is 0.163. The molecule has 7 nitrogen and oxygen atoms in total. The van der Waals surface area contributed by atoms with E-state index in [0.717, 1.165) is 11.3 Å². The maximum Gasteiger partial charge on any atom is 0.260 e. The van der Waals surface area contributed by atoms with Crippen molar-refractivity contribution in [2.75, 3.05) is 6.61 Å². The fraction of sp³-hybridized carbons (Fsp3) is 0.353. The van der Waals surface area contributed by atoms with Crippen LogP contribution in [0.5, 0.6) is 5.88 Å². The number of nitrogens with one attached hydrogen (secondary N) is 1. The summed E-state index contributed by atoms with van der Waals surface area (Å²) in [6, 6.07) is 3.82. The number of hydrogen-bond donors (Lipinski definition) is 1. The molecular weight excluding hydrogens is 338 g/mol. The topological polar surface area (TPSA) is 85.8 Å². The van der Waals surface area contributed by atoms with E-state index in [1.807, 2.05) is 32.9 Å². The Morgan fingerprint density at radius 3 is 2.88 bits per heavy atom. The first-order chi connectivity index (χ1) is 12.1. The Labute approximate surface area is 150 Å². The van der Waals surface area contributed by atoms with Crippen LogP contribution in [0.15, 0.2) is 30.9 Å². The normalized spacial score (nSPS) is 13.4. The smallest absolute Gasteiger partial charge is 0.260 e. The second kappa shape index (κ2) is 7.52. The van der Waals surface area contributed by atoms with Crippen LogP contribution in [0.2, 0.25) is 0 Å². The van der Waals surface area contributed by atoms with E-state index in [2.05, 4.69) is 25.1 Å². The molecule has 25 heavy (non-hydrogen) atoms. The molecule has 0 aliphatic carbocycles. The minimum Gasteiger partial charge on any atom is -0.487 e. The summed E-state index contributed by atoms with van der Waals surface area (Å²) in [6.45, 7) is 6.31. The van der Waals surface area contributed by atoms with Gasteiger partial charge in [-0.2, -0.15) is 0 Å². The lowest BCUT2D eigenvalue weighted by Gasteiger charge is -2.13. The van der Waals surface area contributed by atoms with Gasteiger partial charge in [0, 0.05) is 18.0 Å². The molecule has 130 valence electrons. The zero-order chi connectivity index (χ0) is 17.8. The SMILES string of the molecule is CCOC(=S)C(C)c1ncnc2c(OC(C)c3cccnc3)n[nH]c12. The van der Waals surface area contributed by atoms with Crippen molar-refractivity contribution in [3.8, 4) is 5.88 Å². The molecule has 2 atom stereocenters. The van der Waals surface area contributed by atoms with Gasteiger partial charge in [0.15, 0.2) is 10.6 Å². The van der Waals surface area contributed by atoms with Crippen LogP contribution >= 0.6 is 12.2 Å². The van der Waals surface area contributed by atoms with E-state index in [4.69, 9.17) is 21.7 Å². The van der Waals surface area contributed by atoms with Gasteiger partial charge in [0.1, 0.15) is 17.9 Å². The summed E-state index contributed by atoms with van der Waals surface area (Å²) < 4.78 is 11.4. The van der Waals surface area contributed by atoms with Gasteiger partial charge in [0.05, 0.1) is 18.2 Å². The van der Waals surface area contributed by atoms with Crippen LogP contribution in [0.3, 0.4) is 0 Å². The number of rotatable bonds is 6. The summed E-state index contributed by atoms with van der Waals surface area (Å²) in [5.41, 5.74) is 3.01. The van der Waals surface area contributed by atoms with E-state index in [1.54, 1.807) is 12.4 Å². The van der Waals surface area contributed by atoms with Crippen molar-refractivity contribution in [1.82, 2.24) is 25.1 Å². The van der Waals surface area contributed by atoms with Gasteiger partial charge in [-0.25, -0.2) is 9.97 Å². The van der Waals surface area contributed by atoms with Gasteiger partial charge in [0.2, 0.25) is 0 Å². The number of H-pyrrole nitrogens is 1. The molecule has 3 aromatic heterocycles. The summed E-state index contributed by atoms with van der Waals surface area (Å²) in [5.74, 6) is 0.258. The third-order valence-electron chi connectivity index (χ3n) is 3.84. The predicted octanol–water partition coefficient (Wildman–Crippen LogP) is 3.36. The van der Waals surface area contributed by atoms with Gasteiger partial charge in [-0.1, -0.05) is 6.07 Å². The molecule has 3 aromatic rings. The number of fused-ring (bicyclic) bond motifs is 1. The van der Waals surface area contributed by atoms with Crippen LogP contribution in [0, 0.1) is 0 Å². The number of pyridine rings is 1. The predicted molar refractivity (Wildman–Crippen MR) is 97.6 cm³/mol. The summed E-state index contributed by atoms with van der Waals surface area (Å²) in [7, 11) is 0. The summed E-state index contributed by atoms with van der Waals surface area (Å²) in [6.07, 6.45) is 4.77. The quantitative estimate of drug-likeness (QED) is 0.677. The Morgan fingerprint density at radius 2 is 2.16 bits per heavy atom. The summed E-state index contributed by atoms with van der Waals surface area (Å²) >= 11 is 5.31. The van der Waals surface area contributed by atoms with E-state index < -0.39 is 0 Å². The molecule has 0 amide bonds. The monoisotopic (exact) mass is 357 g/mol. The average molecular weight is 357 g/mol. The molecule has 0 radical (unpaired) electrons. The van der Waals surface area contributed by atoms with Gasteiger partial charge in [-0.3, -0.25) is 10.1 Å². The fourth-order valence-electron chi connectivity index (χ4n) is 2.47. The molecule has 0 aliphatic rings. The van der Waals surface area contributed by atoms with Crippen molar-refractivity contribution >= 4 is 28.3 Å². The Bertz CT molecular complexity index is 868. The van der Waals surface area contributed by atoms with E-state index in [9.17, 15) is 0 Å². The second-order valence-corrected chi connectivity index (χ2v) is 5.93. The number of thiocarbonyl (C=S) groups is 1. The van der Waals surface area contributed by atoms with Crippen molar-refractivity contribution < 1.29 is 9.47 Å². The van der Waals surface area contributed by atoms with Crippen molar-refractivity contribution in [3.05, 3.63) is 42.1 Å². The van der Waals surface area contributed by atoms with Crippen LogP contribution < -0.4 is 4.74 Å². The highest BCUT2D eigenvalue weighted by atomic mass is 32.1. The summed E-state index contributed by atoms with van der Waals surface area (Å²) in [5, 5.41) is 7.70. The van der Waals surface area contributed by atoms with Gasteiger partial charge in [0.25, 0.3) is 5.88 Å². The number of hydrogen-bond acceptors (Lipinski definition) is 7. The van der Waals surface area contributed by atoms with E-state index in [1.165, 1.54) is 6.33 Å². The van der Waals surface area contributed by atoms with Crippen molar-refractivity contribution in [2.24, 2.45) is 0 Å². The Kier molecular flexibility index (Phi) is 5.18. The highest BCUT2D eigenvalue weighted by molar-refractivity contribution is 7.80. The molecule has 3 rings (SSSR count). The molecule has 0 aromatic carbocycles. The van der Waals surface area contributed by atoms with Crippen LogP contribution in [0.25, 0.3) is 11.0 Å². The number of ether oxygens (including phenoxy) is 2. The lowest BCUT2D eigenvalue weighted by Crippen LogP contribution is -2.13. The molecule has 0 fully saturated rings. The molecular formula is C17H19N5O2S. The van der Waals surface area contributed by atoms with Gasteiger partial charge in [-0.15, -0.1) is 5.10 Å². The van der Waals surface area contributed by atoms with Crippen LogP contribution in [0.4, 0.5) is 0 Å². The van der Waals surface area contributed by atoms with Gasteiger partial charge >= 0.3 is 0 Å². The molecule has 0 saturated heterocycles. The molecule has 1 N–H and O–H groups in total. The van der Waals surface area contributed by atoms with Crippen molar-refractivity contribution in [1.29, 1.82) is 0 Å². The first-order valence-electron chi connectivity index (χ1n) is 8.04. The second-order valence-electron chi connectivity index (χ2n) is 5.53. The molecule has 0 spiro atoms. The fourth-order valence-corrected chi connectivity index (χ4v) is 2.70. The molecule has 2 unspecified atom stereocenters. The highest BCUT2D eigenvalue weighted by Gasteiger charge is 2.22. The van der Waals surface area contributed by atoms with Gasteiger partial charge in [-0.05, 0) is 39.1 Å². The lowest BCUT2D eigenvalue weighted by molar-refractivity contribution is 0.219. The highest BCUT2D eigenvalue weighted by Crippen LogP contribution is 2.29. The Balaban J connectivity index is 1.89. The van der Waals surface area contributed by atoms with E-state index in [-0.39, 0.29) is 12.0 Å². The third kappa shape index (κ3) is 3.58. The Hall–Kier alpha value is -2.61. The van der Waals surface area contributed by atoms with Crippen LogP contribution in [-0.2, 0) is 4.74 Å². The maximum atomic E-state index is 5.96. The van der Waals surface area contributed by atoms with Gasteiger partial charge < -0.3 is 9.47 Å². The molecule has 3 heterocycles. The number of aromatic nitrogens is 5. The minimum atomic E-state index is -0.208. The van der Waals surface area contributed by atoms with Crippen molar-refractivity contribution in [2.45, 2.75) is 32.8 Å². The van der Waals surface area contributed by atoms with Crippen LogP contribution in [-0.4, -0.2) is 36.8 Å². The van der Waals surface area contributed by atoms with Crippen LogP contribution in [0.1, 0.15) is 44.1 Å². The molecule has 0 aliphatic heterocycles. The maximum absolute atomic E-state index is 5.96. The first-order valence-corrected chi connectivity index (χ1v) is 8.44. The lowest BCUT2D eigenvalue weighted by atomic mass is 10.1. The zero-order valence-corrected chi connectivity index (χ0v) is 15.1. The number of aromatic amines is 1. The molecule has 8 heteroatoms. The number of nitrogens with zero attached hydrogens (tertiary/aromatic N) is 4. The van der Waals surface area contributed by atoms with Crippen molar-refractivity contribution in [3.63, 3.8) is 0 Å². The first kappa shape index (κ1) is 17.2. The molecule has 0 bridgehead atoms. The zero-order valence-electron chi connectivity index (χ0n) is 14.3. The van der Waals surface area contributed by atoms with E-state index in [0.29, 0.717) is 28.6 Å². The average Bonchev–Trinajstić information content (AvgIpc) is 3.05. The van der Waals surface area contributed by atoms with E-state index >= 15 is 0 Å². The standard InChI is InChI=1S/C17H19N5O2S/c1-4-23-17(25)10(2)13-14-15(20-9-19-13)16(22-21-14)24-11(3)12-6-5-7-18-8-12/h5-11H,4H2,1-3H3,(H,21,22). The molecule has 0 saturated carbocycles. The largest absolute Gasteiger partial charge is 0.487 e. The summed E-state index contributed by atoms with van der Waals surface area (Å²) in [4.78, 5) is 12.8. The Morgan fingerprint density at radius 1 is 1.32 bits per heavy atom. The third-order valence-corrected chi connectivity index (χ3v) is 4.31.